The van der Waals surface area contributed by atoms with E-state index in [4.69, 9.17) is 4.74 Å². The molecule has 6 heteroatoms. The van der Waals surface area contributed by atoms with Crippen LogP contribution >= 0.6 is 0 Å². The third-order valence-corrected chi connectivity index (χ3v) is 5.38. The fraction of sp³-hybridized carbons (Fsp3) is 0.261. The lowest BCUT2D eigenvalue weighted by atomic mass is 9.81. The number of fused-ring (bicyclic) bond motifs is 1. The standard InChI is InChI=1S/C23H22N4O2/c1-14-11-19-21(20(28)12-14)22(27-23(25-19)24-15(2)26-27)16-7-6-10-18(13-16)29-17-8-4-3-5-9-17/h3-10,13-14,22H,11-12H2,1-2H3,(H,24,25,26)/t14-,22-/m0/s1. The Labute approximate surface area is 169 Å². The zero-order valence-electron chi connectivity index (χ0n) is 16.4. The van der Waals surface area contributed by atoms with E-state index < -0.39 is 0 Å². The minimum atomic E-state index is -0.304. The van der Waals surface area contributed by atoms with Crippen LogP contribution in [0, 0.1) is 12.8 Å². The molecule has 2 heterocycles. The van der Waals surface area contributed by atoms with Crippen LogP contribution in [0.25, 0.3) is 0 Å². The number of rotatable bonds is 3. The maximum Gasteiger partial charge on any atom is 0.226 e. The first-order chi connectivity index (χ1) is 14.1. The number of aryl methyl sites for hydroxylation is 1. The van der Waals surface area contributed by atoms with Crippen molar-refractivity contribution in [2.75, 3.05) is 5.32 Å². The molecule has 1 aliphatic carbocycles. The molecule has 0 spiro atoms. The number of hydrogen-bond donors (Lipinski definition) is 1. The van der Waals surface area contributed by atoms with Crippen molar-refractivity contribution in [1.29, 1.82) is 0 Å². The molecule has 0 unspecified atom stereocenters. The van der Waals surface area contributed by atoms with Gasteiger partial charge in [0.1, 0.15) is 23.4 Å². The molecule has 0 saturated heterocycles. The minimum Gasteiger partial charge on any atom is -0.457 e. The Morgan fingerprint density at radius 3 is 2.69 bits per heavy atom. The number of aromatic nitrogens is 3. The van der Waals surface area contributed by atoms with Crippen molar-refractivity contribution >= 4 is 11.7 Å². The van der Waals surface area contributed by atoms with E-state index >= 15 is 0 Å². The lowest BCUT2D eigenvalue weighted by molar-refractivity contribution is -0.117. The highest BCUT2D eigenvalue weighted by Gasteiger charge is 2.38. The van der Waals surface area contributed by atoms with Crippen LogP contribution < -0.4 is 10.1 Å². The van der Waals surface area contributed by atoms with Gasteiger partial charge in [-0.1, -0.05) is 37.3 Å². The van der Waals surface area contributed by atoms with Crippen molar-refractivity contribution in [1.82, 2.24) is 14.8 Å². The number of ketones is 1. The van der Waals surface area contributed by atoms with Crippen molar-refractivity contribution in [2.45, 2.75) is 32.7 Å². The van der Waals surface area contributed by atoms with Crippen LogP contribution in [-0.4, -0.2) is 20.5 Å². The summed E-state index contributed by atoms with van der Waals surface area (Å²) in [5.74, 6) is 3.35. The van der Waals surface area contributed by atoms with Gasteiger partial charge in [0, 0.05) is 17.7 Å². The number of para-hydroxylation sites is 1. The normalized spacial score (nSPS) is 20.7. The van der Waals surface area contributed by atoms with Gasteiger partial charge in [-0.05, 0) is 49.1 Å². The van der Waals surface area contributed by atoms with E-state index in [1.54, 1.807) is 0 Å². The minimum absolute atomic E-state index is 0.171. The molecule has 0 amide bonds. The molecule has 2 aliphatic rings. The Morgan fingerprint density at radius 1 is 1.07 bits per heavy atom. The molecule has 3 aromatic rings. The molecule has 0 fully saturated rings. The average molecular weight is 386 g/mol. The highest BCUT2D eigenvalue weighted by Crippen LogP contribution is 2.42. The highest BCUT2D eigenvalue weighted by molar-refractivity contribution is 5.99. The second-order valence-corrected chi connectivity index (χ2v) is 7.77. The molecule has 146 valence electrons. The van der Waals surface area contributed by atoms with E-state index in [1.807, 2.05) is 66.2 Å². The molecule has 2 aromatic carbocycles. The van der Waals surface area contributed by atoms with Gasteiger partial charge >= 0.3 is 0 Å². The molecule has 1 aromatic heterocycles. The molecular weight excluding hydrogens is 364 g/mol. The Balaban J connectivity index is 1.59. The van der Waals surface area contributed by atoms with Crippen LogP contribution in [0.5, 0.6) is 11.5 Å². The van der Waals surface area contributed by atoms with E-state index in [9.17, 15) is 4.79 Å². The second-order valence-electron chi connectivity index (χ2n) is 7.77. The summed E-state index contributed by atoms with van der Waals surface area (Å²) in [4.78, 5) is 17.5. The number of anilines is 1. The number of benzene rings is 2. The monoisotopic (exact) mass is 386 g/mol. The van der Waals surface area contributed by atoms with Gasteiger partial charge in [-0.15, -0.1) is 0 Å². The van der Waals surface area contributed by atoms with Gasteiger partial charge in [-0.2, -0.15) is 10.1 Å². The Morgan fingerprint density at radius 2 is 1.86 bits per heavy atom. The van der Waals surface area contributed by atoms with Gasteiger partial charge in [-0.3, -0.25) is 4.79 Å². The number of carbonyl (C=O) groups is 1. The Bertz CT molecular complexity index is 1120. The van der Waals surface area contributed by atoms with Crippen LogP contribution in [-0.2, 0) is 4.79 Å². The summed E-state index contributed by atoms with van der Waals surface area (Å²) < 4.78 is 7.84. The van der Waals surface area contributed by atoms with Crippen molar-refractivity contribution < 1.29 is 9.53 Å². The smallest absolute Gasteiger partial charge is 0.226 e. The lowest BCUT2D eigenvalue weighted by Gasteiger charge is -2.34. The van der Waals surface area contributed by atoms with Crippen LogP contribution in [0.15, 0.2) is 65.9 Å². The zero-order valence-corrected chi connectivity index (χ0v) is 16.4. The van der Waals surface area contributed by atoms with Crippen LogP contribution in [0.1, 0.15) is 37.2 Å². The van der Waals surface area contributed by atoms with Gasteiger partial charge in [0.25, 0.3) is 0 Å². The number of Topliss-reactive ketones (excluding diaryl/α,β-unsaturated/α-hetero) is 1. The number of ether oxygens (including phenoxy) is 1. The molecule has 1 aliphatic heterocycles. The summed E-state index contributed by atoms with van der Waals surface area (Å²) in [7, 11) is 0. The first-order valence-electron chi connectivity index (χ1n) is 9.88. The number of carbonyl (C=O) groups excluding carboxylic acids is 1. The summed E-state index contributed by atoms with van der Waals surface area (Å²) in [6, 6.07) is 17.2. The van der Waals surface area contributed by atoms with E-state index in [-0.39, 0.29) is 11.8 Å². The fourth-order valence-electron chi connectivity index (χ4n) is 4.19. The largest absolute Gasteiger partial charge is 0.457 e. The van der Waals surface area contributed by atoms with Crippen molar-refractivity contribution in [3.63, 3.8) is 0 Å². The van der Waals surface area contributed by atoms with Crippen LogP contribution in [0.4, 0.5) is 5.95 Å². The summed E-state index contributed by atoms with van der Waals surface area (Å²) in [6.07, 6.45) is 1.39. The number of nitrogens with zero attached hydrogens (tertiary/aromatic N) is 3. The average Bonchev–Trinajstić information content (AvgIpc) is 3.06. The van der Waals surface area contributed by atoms with Gasteiger partial charge in [0.05, 0.1) is 0 Å². The van der Waals surface area contributed by atoms with E-state index in [0.29, 0.717) is 24.1 Å². The summed E-state index contributed by atoms with van der Waals surface area (Å²) in [6.45, 7) is 3.97. The number of hydrogen-bond acceptors (Lipinski definition) is 5. The third-order valence-electron chi connectivity index (χ3n) is 5.38. The predicted molar refractivity (Wildman–Crippen MR) is 110 cm³/mol. The van der Waals surface area contributed by atoms with E-state index in [2.05, 4.69) is 22.3 Å². The SMILES string of the molecule is Cc1nc2n(n1)[C@@H](c1cccc(Oc3ccccc3)c1)C1=C(C[C@H](C)CC1=O)N2. The Hall–Kier alpha value is -3.41. The van der Waals surface area contributed by atoms with Crippen LogP contribution in [0.3, 0.4) is 0 Å². The fourth-order valence-corrected chi connectivity index (χ4v) is 4.19. The molecule has 29 heavy (non-hydrogen) atoms. The summed E-state index contributed by atoms with van der Waals surface area (Å²) in [5, 5.41) is 7.93. The van der Waals surface area contributed by atoms with Crippen LogP contribution in [0.2, 0.25) is 0 Å². The van der Waals surface area contributed by atoms with Gasteiger partial charge in [-0.25, -0.2) is 4.68 Å². The van der Waals surface area contributed by atoms with Gasteiger partial charge in [0.2, 0.25) is 5.95 Å². The Kier molecular flexibility index (Phi) is 4.19. The maximum absolute atomic E-state index is 13.0. The molecule has 1 N–H and O–H groups in total. The zero-order chi connectivity index (χ0) is 20.0. The predicted octanol–water partition coefficient (Wildman–Crippen LogP) is 4.65. The molecule has 0 radical (unpaired) electrons. The van der Waals surface area contributed by atoms with Crippen molar-refractivity contribution in [3.8, 4) is 11.5 Å². The van der Waals surface area contributed by atoms with Crippen molar-refractivity contribution in [2.24, 2.45) is 5.92 Å². The molecular formula is C23H22N4O2. The number of allylic oxidation sites excluding steroid dienone is 2. The number of nitrogens with one attached hydrogen (secondary N) is 1. The highest BCUT2D eigenvalue weighted by atomic mass is 16.5. The second kappa shape index (κ2) is 6.88. The summed E-state index contributed by atoms with van der Waals surface area (Å²) in [5.41, 5.74) is 2.71. The van der Waals surface area contributed by atoms with Gasteiger partial charge in [0.15, 0.2) is 5.78 Å². The van der Waals surface area contributed by atoms with E-state index in [1.165, 1.54) is 0 Å². The maximum atomic E-state index is 13.0. The van der Waals surface area contributed by atoms with Crippen molar-refractivity contribution in [3.05, 3.63) is 77.3 Å². The molecule has 0 saturated carbocycles. The first kappa shape index (κ1) is 17.7. The lowest BCUT2D eigenvalue weighted by Crippen LogP contribution is -2.33. The van der Waals surface area contributed by atoms with E-state index in [0.717, 1.165) is 34.8 Å². The molecule has 6 nitrogen and oxygen atoms in total. The third kappa shape index (κ3) is 3.20. The molecule has 2 atom stereocenters. The summed E-state index contributed by atoms with van der Waals surface area (Å²) >= 11 is 0. The quantitative estimate of drug-likeness (QED) is 0.710. The topological polar surface area (TPSA) is 69.0 Å². The van der Waals surface area contributed by atoms with Gasteiger partial charge < -0.3 is 10.1 Å². The first-order valence-corrected chi connectivity index (χ1v) is 9.88. The molecule has 0 bridgehead atoms. The molecule has 5 rings (SSSR count).